The number of aliphatic hydroxyl groups is 1. The second-order valence-corrected chi connectivity index (χ2v) is 4.45. The molecule has 1 aromatic carbocycles. The Kier molecular flexibility index (Phi) is 5.61. The van der Waals surface area contributed by atoms with Crippen LogP contribution in [0.15, 0.2) is 22.7 Å². The van der Waals surface area contributed by atoms with Crippen molar-refractivity contribution in [3.05, 3.63) is 28.2 Å². The summed E-state index contributed by atoms with van der Waals surface area (Å²) in [5.74, 6) is -0.583. The van der Waals surface area contributed by atoms with Crippen molar-refractivity contribution in [1.82, 2.24) is 5.32 Å². The van der Waals surface area contributed by atoms with Gasteiger partial charge in [0.15, 0.2) is 6.61 Å². The van der Waals surface area contributed by atoms with Gasteiger partial charge in [-0.2, -0.15) is 13.2 Å². The molecule has 0 heterocycles. The first-order valence-corrected chi connectivity index (χ1v) is 5.96. The zero-order valence-corrected chi connectivity index (χ0v) is 11.2. The van der Waals surface area contributed by atoms with Crippen molar-refractivity contribution in [3.8, 4) is 5.75 Å². The molecular formula is C11H11BrF3NO3. The summed E-state index contributed by atoms with van der Waals surface area (Å²) < 4.78 is 41.2. The quantitative estimate of drug-likeness (QED) is 0.861. The summed E-state index contributed by atoms with van der Waals surface area (Å²) in [6.45, 7) is -2.14. The van der Waals surface area contributed by atoms with Crippen molar-refractivity contribution in [2.75, 3.05) is 13.2 Å². The summed E-state index contributed by atoms with van der Waals surface area (Å²) >= 11 is 3.20. The molecule has 0 saturated carbocycles. The first-order chi connectivity index (χ1) is 8.81. The van der Waals surface area contributed by atoms with Gasteiger partial charge in [-0.3, -0.25) is 4.79 Å². The molecule has 1 amide bonds. The van der Waals surface area contributed by atoms with Gasteiger partial charge in [0.2, 0.25) is 0 Å². The van der Waals surface area contributed by atoms with Gasteiger partial charge in [0.1, 0.15) is 12.3 Å². The Morgan fingerprint density at radius 3 is 2.68 bits per heavy atom. The molecule has 0 atom stereocenters. The molecule has 0 saturated heterocycles. The maximum absolute atomic E-state index is 11.8. The molecule has 0 radical (unpaired) electrons. The average molecular weight is 342 g/mol. The molecule has 0 aliphatic heterocycles. The largest absolute Gasteiger partial charge is 0.484 e. The number of benzene rings is 1. The van der Waals surface area contributed by atoms with E-state index in [1.165, 1.54) is 12.1 Å². The van der Waals surface area contributed by atoms with E-state index in [1.54, 1.807) is 11.4 Å². The maximum Gasteiger partial charge on any atom is 0.405 e. The second-order valence-electron chi connectivity index (χ2n) is 3.59. The molecule has 0 aromatic heterocycles. The zero-order valence-electron chi connectivity index (χ0n) is 9.63. The van der Waals surface area contributed by atoms with Gasteiger partial charge < -0.3 is 15.2 Å². The topological polar surface area (TPSA) is 58.6 Å². The Morgan fingerprint density at radius 1 is 1.42 bits per heavy atom. The number of hydrogen-bond donors (Lipinski definition) is 2. The number of nitrogens with one attached hydrogen (secondary N) is 1. The number of ether oxygens (including phenoxy) is 1. The van der Waals surface area contributed by atoms with Crippen molar-refractivity contribution in [3.63, 3.8) is 0 Å². The molecule has 0 fully saturated rings. The lowest BCUT2D eigenvalue weighted by Gasteiger charge is -2.10. The van der Waals surface area contributed by atoms with E-state index in [0.29, 0.717) is 10.0 Å². The minimum absolute atomic E-state index is 0.224. The van der Waals surface area contributed by atoms with Crippen LogP contribution in [0.2, 0.25) is 0 Å². The van der Waals surface area contributed by atoms with Crippen molar-refractivity contribution in [2.24, 2.45) is 0 Å². The van der Waals surface area contributed by atoms with Crippen LogP contribution in [0.25, 0.3) is 0 Å². The minimum atomic E-state index is -4.45. The van der Waals surface area contributed by atoms with Crippen LogP contribution in [0.3, 0.4) is 0 Å². The van der Waals surface area contributed by atoms with Gasteiger partial charge in [-0.1, -0.05) is 15.9 Å². The monoisotopic (exact) mass is 341 g/mol. The third-order valence-electron chi connectivity index (χ3n) is 2.04. The Labute approximate surface area is 115 Å². The van der Waals surface area contributed by atoms with Crippen molar-refractivity contribution < 1.29 is 27.8 Å². The van der Waals surface area contributed by atoms with E-state index in [-0.39, 0.29) is 12.4 Å². The van der Waals surface area contributed by atoms with E-state index >= 15 is 0 Å². The first-order valence-electron chi connectivity index (χ1n) is 5.17. The molecule has 0 aliphatic rings. The summed E-state index contributed by atoms with van der Waals surface area (Å²) in [5, 5.41) is 10.7. The van der Waals surface area contributed by atoms with E-state index in [2.05, 4.69) is 15.9 Å². The van der Waals surface area contributed by atoms with Gasteiger partial charge in [-0.05, 0) is 23.8 Å². The molecule has 2 N–H and O–H groups in total. The lowest BCUT2D eigenvalue weighted by atomic mass is 10.2. The summed E-state index contributed by atoms with van der Waals surface area (Å²) in [6.07, 6.45) is -4.45. The molecule has 0 unspecified atom stereocenters. The van der Waals surface area contributed by atoms with E-state index in [9.17, 15) is 18.0 Å². The molecule has 4 nitrogen and oxygen atoms in total. The van der Waals surface area contributed by atoms with Gasteiger partial charge in [0.05, 0.1) is 6.61 Å². The number of carbonyl (C=O) groups excluding carboxylic acids is 1. The smallest absolute Gasteiger partial charge is 0.405 e. The van der Waals surface area contributed by atoms with E-state index in [1.807, 2.05) is 0 Å². The Balaban J connectivity index is 2.46. The Hall–Kier alpha value is -1.28. The van der Waals surface area contributed by atoms with Gasteiger partial charge in [0, 0.05) is 4.47 Å². The molecule has 106 valence electrons. The van der Waals surface area contributed by atoms with Crippen LogP contribution in [0.1, 0.15) is 5.56 Å². The maximum atomic E-state index is 11.8. The van der Waals surface area contributed by atoms with E-state index < -0.39 is 25.2 Å². The summed E-state index contributed by atoms with van der Waals surface area (Å²) in [5.41, 5.74) is 0.549. The highest BCUT2D eigenvalue weighted by Gasteiger charge is 2.27. The van der Waals surface area contributed by atoms with Crippen LogP contribution < -0.4 is 10.1 Å². The van der Waals surface area contributed by atoms with Crippen LogP contribution >= 0.6 is 15.9 Å². The molecule has 1 aromatic rings. The van der Waals surface area contributed by atoms with E-state index in [0.717, 1.165) is 0 Å². The van der Waals surface area contributed by atoms with Gasteiger partial charge >= 0.3 is 6.18 Å². The summed E-state index contributed by atoms with van der Waals surface area (Å²) in [6, 6.07) is 4.62. The lowest BCUT2D eigenvalue weighted by Crippen LogP contribution is -2.36. The van der Waals surface area contributed by atoms with Crippen molar-refractivity contribution >= 4 is 21.8 Å². The van der Waals surface area contributed by atoms with Gasteiger partial charge in [-0.15, -0.1) is 0 Å². The van der Waals surface area contributed by atoms with Gasteiger partial charge in [0.25, 0.3) is 5.91 Å². The number of alkyl halides is 3. The SMILES string of the molecule is O=C(COc1ccc(Br)c(CO)c1)NCC(F)(F)F. The average Bonchev–Trinajstić information content (AvgIpc) is 2.34. The van der Waals surface area contributed by atoms with E-state index in [4.69, 9.17) is 9.84 Å². The van der Waals surface area contributed by atoms with Gasteiger partial charge in [-0.25, -0.2) is 0 Å². The van der Waals surface area contributed by atoms with Crippen LogP contribution in [0.4, 0.5) is 13.2 Å². The highest BCUT2D eigenvalue weighted by molar-refractivity contribution is 9.10. The fourth-order valence-electron chi connectivity index (χ4n) is 1.16. The molecular weight excluding hydrogens is 331 g/mol. The number of amides is 1. The second kappa shape index (κ2) is 6.76. The standard InChI is InChI=1S/C11H11BrF3NO3/c12-9-2-1-8(3-7(9)4-17)19-5-10(18)16-6-11(13,14)15/h1-3,17H,4-6H2,(H,16,18). The summed E-state index contributed by atoms with van der Waals surface area (Å²) in [7, 11) is 0. The first kappa shape index (κ1) is 15.8. The third kappa shape index (κ3) is 5.93. The number of hydrogen-bond acceptors (Lipinski definition) is 3. The molecule has 0 spiro atoms. The fraction of sp³-hybridized carbons (Fsp3) is 0.364. The Bertz CT molecular complexity index is 451. The highest BCUT2D eigenvalue weighted by Crippen LogP contribution is 2.22. The number of aliphatic hydroxyl groups excluding tert-OH is 1. The molecule has 0 aliphatic carbocycles. The molecule has 8 heteroatoms. The van der Waals surface area contributed by atoms with Crippen LogP contribution in [0, 0.1) is 0 Å². The third-order valence-corrected chi connectivity index (χ3v) is 2.82. The number of rotatable bonds is 5. The fourth-order valence-corrected chi connectivity index (χ4v) is 1.53. The molecule has 19 heavy (non-hydrogen) atoms. The summed E-state index contributed by atoms with van der Waals surface area (Å²) in [4.78, 5) is 11.1. The number of halogens is 4. The Morgan fingerprint density at radius 2 is 2.11 bits per heavy atom. The highest BCUT2D eigenvalue weighted by atomic mass is 79.9. The zero-order chi connectivity index (χ0) is 14.5. The number of carbonyl (C=O) groups is 1. The molecule has 1 rings (SSSR count). The molecule has 0 bridgehead atoms. The lowest BCUT2D eigenvalue weighted by molar-refractivity contribution is -0.139. The predicted molar refractivity (Wildman–Crippen MR) is 64.6 cm³/mol. The van der Waals surface area contributed by atoms with Crippen molar-refractivity contribution in [2.45, 2.75) is 12.8 Å². The van der Waals surface area contributed by atoms with Crippen LogP contribution in [-0.4, -0.2) is 30.3 Å². The van der Waals surface area contributed by atoms with Crippen molar-refractivity contribution in [1.29, 1.82) is 0 Å². The minimum Gasteiger partial charge on any atom is -0.484 e. The normalized spacial score (nSPS) is 11.2. The van der Waals surface area contributed by atoms with Crippen LogP contribution in [-0.2, 0) is 11.4 Å². The van der Waals surface area contributed by atoms with Crippen LogP contribution in [0.5, 0.6) is 5.75 Å². The predicted octanol–water partition coefficient (Wildman–Crippen LogP) is 2.00.